The van der Waals surface area contributed by atoms with Crippen molar-refractivity contribution in [2.45, 2.75) is 0 Å². The molecule has 0 unspecified atom stereocenters. The zero-order valence-corrected chi connectivity index (χ0v) is 40.7. The largest absolute Gasteiger partial charge is 0.455 e. The summed E-state index contributed by atoms with van der Waals surface area (Å²) in [5.74, 6) is 1.75. The number of fused-ring (bicyclic) bond motifs is 14. The summed E-state index contributed by atoms with van der Waals surface area (Å²) in [4.78, 5) is 15.7. The molecule has 0 saturated heterocycles. The smallest absolute Gasteiger partial charge is 0.164 e. The van der Waals surface area contributed by atoms with E-state index in [4.69, 9.17) is 23.8 Å². The van der Waals surface area contributed by atoms with Crippen molar-refractivity contribution in [2.75, 3.05) is 0 Å². The summed E-state index contributed by atoms with van der Waals surface area (Å²) in [6.07, 6.45) is 0. The maximum atomic E-state index is 7.05. The summed E-state index contributed by atoms with van der Waals surface area (Å²) in [5, 5.41) is 8.76. The lowest BCUT2D eigenvalue weighted by molar-refractivity contribution is 0.672. The second-order valence-electron chi connectivity index (χ2n) is 19.5. The summed E-state index contributed by atoms with van der Waals surface area (Å²) in [7, 11) is 0. The Morgan fingerprint density at radius 2 is 0.671 bits per heavy atom. The van der Waals surface area contributed by atoms with Crippen LogP contribution < -0.4 is 0 Å². The minimum Gasteiger partial charge on any atom is -0.455 e. The highest BCUT2D eigenvalue weighted by Gasteiger charge is 2.23. The maximum absolute atomic E-state index is 7.05. The van der Waals surface area contributed by atoms with Crippen LogP contribution in [0.15, 0.2) is 258 Å². The van der Waals surface area contributed by atoms with Gasteiger partial charge in [-0.05, 0) is 113 Å². The summed E-state index contributed by atoms with van der Waals surface area (Å²) < 4.78 is 18.7. The van der Waals surface area contributed by atoms with Crippen LogP contribution in [0, 0.1) is 0 Å². The number of nitrogens with zero attached hydrogens (tertiary/aromatic N) is 5. The second kappa shape index (κ2) is 16.6. The average Bonchev–Trinajstić information content (AvgIpc) is 4.26. The zero-order chi connectivity index (χ0) is 49.8. The van der Waals surface area contributed by atoms with Crippen molar-refractivity contribution in [3.63, 3.8) is 0 Å². The molecule has 0 radical (unpaired) electrons. The van der Waals surface area contributed by atoms with E-state index in [1.165, 1.54) is 0 Å². The van der Waals surface area contributed by atoms with Gasteiger partial charge in [0.25, 0.3) is 0 Å². The molecular weight excluding hydrogens is 931 g/mol. The molecule has 16 aromatic rings. The van der Waals surface area contributed by atoms with Crippen molar-refractivity contribution in [1.82, 2.24) is 24.1 Å². The molecule has 7 nitrogen and oxygen atoms in total. The molecule has 0 spiro atoms. The Morgan fingerprint density at radius 3 is 1.20 bits per heavy atom. The summed E-state index contributed by atoms with van der Waals surface area (Å²) in [6, 6.07) is 87.1. The quantitative estimate of drug-likeness (QED) is 0.159. The van der Waals surface area contributed by atoms with Gasteiger partial charge in [-0.2, -0.15) is 0 Å². The van der Waals surface area contributed by atoms with E-state index >= 15 is 0 Å². The molecule has 16 rings (SSSR count). The van der Waals surface area contributed by atoms with E-state index < -0.39 is 0 Å². The van der Waals surface area contributed by atoms with Gasteiger partial charge in [0.05, 0.1) is 32.8 Å². The number of rotatable bonds is 7. The third-order valence-electron chi connectivity index (χ3n) is 15.2. The molecule has 0 saturated carbocycles. The van der Waals surface area contributed by atoms with Crippen molar-refractivity contribution in [3.05, 3.63) is 249 Å². The summed E-state index contributed by atoms with van der Waals surface area (Å²) in [5.41, 5.74) is 16.7. The number of furan rings is 2. The van der Waals surface area contributed by atoms with E-state index in [0.29, 0.717) is 17.5 Å². The fraction of sp³-hybridized carbons (Fsp3) is 0. The van der Waals surface area contributed by atoms with Gasteiger partial charge in [-0.15, -0.1) is 0 Å². The molecule has 76 heavy (non-hydrogen) atoms. The molecule has 0 aliphatic heterocycles. The number of hydrogen-bond acceptors (Lipinski definition) is 5. The lowest BCUT2D eigenvalue weighted by Gasteiger charge is -2.14. The Hall–Kier alpha value is -10.4. The van der Waals surface area contributed by atoms with Gasteiger partial charge in [-0.3, -0.25) is 0 Å². The predicted octanol–water partition coefficient (Wildman–Crippen LogP) is 18.2. The third-order valence-corrected chi connectivity index (χ3v) is 15.2. The Labute approximate surface area is 434 Å². The first kappa shape index (κ1) is 42.2. The highest BCUT2D eigenvalue weighted by atomic mass is 16.3. The molecule has 0 bridgehead atoms. The zero-order valence-electron chi connectivity index (χ0n) is 40.7. The van der Waals surface area contributed by atoms with Gasteiger partial charge in [-0.1, -0.05) is 158 Å². The maximum Gasteiger partial charge on any atom is 0.164 e. The lowest BCUT2D eigenvalue weighted by Crippen LogP contribution is -2.01. The molecule has 0 amide bonds. The highest BCUT2D eigenvalue weighted by Crippen LogP contribution is 2.45. The van der Waals surface area contributed by atoms with Crippen molar-refractivity contribution in [2.24, 2.45) is 0 Å². The van der Waals surface area contributed by atoms with Crippen molar-refractivity contribution in [1.29, 1.82) is 0 Å². The van der Waals surface area contributed by atoms with Crippen LogP contribution in [0.1, 0.15) is 0 Å². The third kappa shape index (κ3) is 6.46. The van der Waals surface area contributed by atoms with E-state index in [2.05, 4.69) is 197 Å². The van der Waals surface area contributed by atoms with Gasteiger partial charge >= 0.3 is 0 Å². The van der Waals surface area contributed by atoms with E-state index in [1.54, 1.807) is 0 Å². The summed E-state index contributed by atoms with van der Waals surface area (Å²) in [6.45, 7) is 0. The van der Waals surface area contributed by atoms with Gasteiger partial charge in [0.2, 0.25) is 0 Å². The molecule has 0 aliphatic rings. The average molecular weight is 972 g/mol. The minimum atomic E-state index is 0.562. The van der Waals surface area contributed by atoms with Crippen LogP contribution in [0.3, 0.4) is 0 Å². The van der Waals surface area contributed by atoms with Crippen LogP contribution in [0.5, 0.6) is 0 Å². The molecule has 0 atom stereocenters. The van der Waals surface area contributed by atoms with Crippen LogP contribution in [0.25, 0.3) is 155 Å². The topological polar surface area (TPSA) is 74.8 Å². The summed E-state index contributed by atoms with van der Waals surface area (Å²) >= 11 is 0. The highest BCUT2D eigenvalue weighted by molar-refractivity contribution is 6.25. The van der Waals surface area contributed by atoms with Crippen molar-refractivity contribution in [3.8, 4) is 67.8 Å². The minimum absolute atomic E-state index is 0.562. The van der Waals surface area contributed by atoms with Crippen LogP contribution in [-0.4, -0.2) is 24.1 Å². The van der Waals surface area contributed by atoms with Gasteiger partial charge in [0.1, 0.15) is 22.3 Å². The Balaban J connectivity index is 0.895. The first-order valence-corrected chi connectivity index (χ1v) is 25.6. The van der Waals surface area contributed by atoms with E-state index in [9.17, 15) is 0 Å². The standard InChI is InChI=1S/C69H41N5O2/c1-5-17-42(18-6-1)67-70-68(43-19-7-2-8-20-43)72-69(71-67)56-39-44(45-30-33-50-52-35-37-59-63(65(52)75-61(50)40-45)54-25-13-15-27-57(54)73(59)47-21-9-3-10-22-47)29-32-49(56)46-31-34-51-53-36-38-60-64(66(53)76-62(51)41-46)55-26-14-16-28-58(55)74(60)48-23-11-4-12-24-48/h1-41H. The van der Waals surface area contributed by atoms with E-state index in [0.717, 1.165) is 138 Å². The Kier molecular flexibility index (Phi) is 9.20. The second-order valence-corrected chi connectivity index (χ2v) is 19.5. The number of para-hydroxylation sites is 4. The fourth-order valence-electron chi connectivity index (χ4n) is 11.7. The van der Waals surface area contributed by atoms with Crippen LogP contribution >= 0.6 is 0 Å². The van der Waals surface area contributed by atoms with Crippen LogP contribution in [-0.2, 0) is 0 Å². The van der Waals surface area contributed by atoms with Gasteiger partial charge in [0, 0.05) is 60.4 Å². The van der Waals surface area contributed by atoms with Gasteiger partial charge in [0.15, 0.2) is 17.5 Å². The molecule has 11 aromatic carbocycles. The Bertz CT molecular complexity index is 4920. The number of aromatic nitrogens is 5. The molecule has 7 heteroatoms. The Morgan fingerprint density at radius 1 is 0.263 bits per heavy atom. The first-order chi connectivity index (χ1) is 37.7. The van der Waals surface area contributed by atoms with Crippen molar-refractivity contribution < 1.29 is 8.83 Å². The van der Waals surface area contributed by atoms with Crippen LogP contribution in [0.2, 0.25) is 0 Å². The van der Waals surface area contributed by atoms with E-state index in [1.807, 2.05) is 60.7 Å². The van der Waals surface area contributed by atoms with Gasteiger partial charge < -0.3 is 18.0 Å². The molecule has 0 fully saturated rings. The first-order valence-electron chi connectivity index (χ1n) is 25.6. The molecule has 5 heterocycles. The van der Waals surface area contributed by atoms with Crippen molar-refractivity contribution >= 4 is 87.5 Å². The monoisotopic (exact) mass is 971 g/mol. The molecule has 0 N–H and O–H groups in total. The number of benzene rings is 11. The fourth-order valence-corrected chi connectivity index (χ4v) is 11.7. The van der Waals surface area contributed by atoms with Crippen LogP contribution in [0.4, 0.5) is 0 Å². The van der Waals surface area contributed by atoms with E-state index in [-0.39, 0.29) is 0 Å². The SMILES string of the molecule is c1ccc(-c2nc(-c3ccccc3)nc(-c3cc(-c4ccc5c(c4)oc4c5ccc5c4c4ccccc4n5-c4ccccc4)ccc3-c3ccc4c(c3)oc3c4ccc4c3c3ccccc3n4-c3ccccc3)n2)cc1. The molecular formula is C69H41N5O2. The molecule has 354 valence electrons. The number of hydrogen-bond donors (Lipinski definition) is 0. The lowest BCUT2D eigenvalue weighted by atomic mass is 9.93. The normalized spacial score (nSPS) is 11.9. The molecule has 0 aliphatic carbocycles. The predicted molar refractivity (Wildman–Crippen MR) is 310 cm³/mol. The van der Waals surface area contributed by atoms with Gasteiger partial charge in [-0.25, -0.2) is 15.0 Å². The molecule has 5 aromatic heterocycles.